The van der Waals surface area contributed by atoms with E-state index < -0.39 is 0 Å². The molecule has 1 saturated carbocycles. The molecule has 1 amide bonds. The van der Waals surface area contributed by atoms with Crippen molar-refractivity contribution in [2.75, 3.05) is 33.2 Å². The summed E-state index contributed by atoms with van der Waals surface area (Å²) in [7, 11) is 2.15. The first-order chi connectivity index (χ1) is 9.56. The third-order valence-corrected chi connectivity index (χ3v) is 5.24. The number of carbonyl (C=O) groups is 1. The maximum absolute atomic E-state index is 12.8. The molecule has 1 heterocycles. The number of nitrogens with zero attached hydrogens (tertiary/aromatic N) is 2. The van der Waals surface area contributed by atoms with E-state index in [1.807, 2.05) is 0 Å². The predicted octanol–water partition coefficient (Wildman–Crippen LogP) is 1.84. The highest BCUT2D eigenvalue weighted by Crippen LogP contribution is 2.39. The molecule has 20 heavy (non-hydrogen) atoms. The normalized spacial score (nSPS) is 28.1. The zero-order valence-electron chi connectivity index (χ0n) is 13.2. The second-order valence-electron chi connectivity index (χ2n) is 6.99. The van der Waals surface area contributed by atoms with Crippen LogP contribution in [-0.4, -0.2) is 55.0 Å². The first-order valence-corrected chi connectivity index (χ1v) is 8.24. The molecule has 0 aromatic rings. The van der Waals surface area contributed by atoms with E-state index in [0.29, 0.717) is 24.9 Å². The minimum atomic E-state index is 0.0905. The molecule has 2 aliphatic rings. The van der Waals surface area contributed by atoms with Gasteiger partial charge in [-0.25, -0.2) is 0 Å². The molecule has 1 aliphatic heterocycles. The topological polar surface area (TPSA) is 49.6 Å². The maximum atomic E-state index is 12.8. The standard InChI is InChI=1S/C16H31N3O/c1-14-12-18(2)9-6-10-19(14)15(20)11-16(13-17)7-4-3-5-8-16/h14H,3-13,17H2,1-2H3. The van der Waals surface area contributed by atoms with Crippen molar-refractivity contribution in [2.24, 2.45) is 11.1 Å². The largest absolute Gasteiger partial charge is 0.339 e. The van der Waals surface area contributed by atoms with E-state index in [1.165, 1.54) is 19.3 Å². The van der Waals surface area contributed by atoms with Crippen LogP contribution in [0.3, 0.4) is 0 Å². The van der Waals surface area contributed by atoms with Gasteiger partial charge in [-0.3, -0.25) is 4.79 Å². The Morgan fingerprint density at radius 2 is 1.90 bits per heavy atom. The van der Waals surface area contributed by atoms with Crippen molar-refractivity contribution >= 4 is 5.91 Å². The molecule has 0 spiro atoms. The SMILES string of the molecule is CC1CN(C)CCCN1C(=O)CC1(CN)CCCCC1. The number of carbonyl (C=O) groups excluding carboxylic acids is 1. The van der Waals surface area contributed by atoms with Gasteiger partial charge in [-0.05, 0) is 51.7 Å². The summed E-state index contributed by atoms with van der Waals surface area (Å²) in [5, 5.41) is 0. The Hall–Kier alpha value is -0.610. The van der Waals surface area contributed by atoms with E-state index in [1.54, 1.807) is 0 Å². The third kappa shape index (κ3) is 3.73. The van der Waals surface area contributed by atoms with Crippen LogP contribution < -0.4 is 5.73 Å². The monoisotopic (exact) mass is 281 g/mol. The minimum Gasteiger partial charge on any atom is -0.339 e. The van der Waals surface area contributed by atoms with Crippen molar-refractivity contribution in [1.82, 2.24) is 9.80 Å². The number of likely N-dealkylation sites (N-methyl/N-ethyl adjacent to an activating group) is 1. The van der Waals surface area contributed by atoms with Crippen molar-refractivity contribution in [1.29, 1.82) is 0 Å². The third-order valence-electron chi connectivity index (χ3n) is 5.24. The molecule has 1 atom stereocenters. The van der Waals surface area contributed by atoms with Crippen molar-refractivity contribution in [3.63, 3.8) is 0 Å². The van der Waals surface area contributed by atoms with Crippen molar-refractivity contribution < 1.29 is 4.79 Å². The van der Waals surface area contributed by atoms with Gasteiger partial charge in [-0.15, -0.1) is 0 Å². The smallest absolute Gasteiger partial charge is 0.223 e. The predicted molar refractivity (Wildman–Crippen MR) is 82.5 cm³/mol. The van der Waals surface area contributed by atoms with Gasteiger partial charge in [0.05, 0.1) is 0 Å². The summed E-state index contributed by atoms with van der Waals surface area (Å²) in [5.41, 5.74) is 6.12. The molecule has 0 radical (unpaired) electrons. The summed E-state index contributed by atoms with van der Waals surface area (Å²) >= 11 is 0. The Morgan fingerprint density at radius 3 is 2.55 bits per heavy atom. The second kappa shape index (κ2) is 6.90. The van der Waals surface area contributed by atoms with Gasteiger partial charge >= 0.3 is 0 Å². The molecule has 4 nitrogen and oxygen atoms in total. The lowest BCUT2D eigenvalue weighted by Crippen LogP contribution is -2.45. The average molecular weight is 281 g/mol. The fourth-order valence-corrected chi connectivity index (χ4v) is 3.92. The van der Waals surface area contributed by atoms with Gasteiger partial charge in [0.1, 0.15) is 0 Å². The molecule has 2 N–H and O–H groups in total. The number of rotatable bonds is 3. The van der Waals surface area contributed by atoms with Gasteiger partial charge < -0.3 is 15.5 Å². The van der Waals surface area contributed by atoms with Gasteiger partial charge in [-0.2, -0.15) is 0 Å². The van der Waals surface area contributed by atoms with E-state index in [0.717, 1.165) is 38.9 Å². The Morgan fingerprint density at radius 1 is 1.20 bits per heavy atom. The van der Waals surface area contributed by atoms with Crippen molar-refractivity contribution in [3.8, 4) is 0 Å². The van der Waals surface area contributed by atoms with E-state index in [9.17, 15) is 4.79 Å². The van der Waals surface area contributed by atoms with Crippen molar-refractivity contribution in [3.05, 3.63) is 0 Å². The van der Waals surface area contributed by atoms with Crippen LogP contribution in [0.4, 0.5) is 0 Å². The molecule has 116 valence electrons. The summed E-state index contributed by atoms with van der Waals surface area (Å²) < 4.78 is 0. The van der Waals surface area contributed by atoms with Crippen LogP contribution in [0.1, 0.15) is 51.9 Å². The molecule has 0 aromatic heterocycles. The van der Waals surface area contributed by atoms with Crippen LogP contribution >= 0.6 is 0 Å². The van der Waals surface area contributed by atoms with Gasteiger partial charge in [0, 0.05) is 25.6 Å². The second-order valence-corrected chi connectivity index (χ2v) is 6.99. The van der Waals surface area contributed by atoms with E-state index in [2.05, 4.69) is 23.8 Å². The lowest BCUT2D eigenvalue weighted by Gasteiger charge is -2.38. The van der Waals surface area contributed by atoms with Crippen molar-refractivity contribution in [2.45, 2.75) is 57.9 Å². The highest BCUT2D eigenvalue weighted by atomic mass is 16.2. The number of amides is 1. The van der Waals surface area contributed by atoms with Crippen LogP contribution in [0.25, 0.3) is 0 Å². The molecule has 0 bridgehead atoms. The van der Waals surface area contributed by atoms with E-state index in [4.69, 9.17) is 5.73 Å². The van der Waals surface area contributed by atoms with Crippen LogP contribution in [0.5, 0.6) is 0 Å². The number of hydrogen-bond acceptors (Lipinski definition) is 3. The van der Waals surface area contributed by atoms with Gasteiger partial charge in [0.15, 0.2) is 0 Å². The summed E-state index contributed by atoms with van der Waals surface area (Å²) in [5.74, 6) is 0.333. The first-order valence-electron chi connectivity index (χ1n) is 8.24. The summed E-state index contributed by atoms with van der Waals surface area (Å²) in [6, 6.07) is 0.327. The molecule has 0 aromatic carbocycles. The van der Waals surface area contributed by atoms with Crippen LogP contribution in [0.15, 0.2) is 0 Å². The molecule has 2 rings (SSSR count). The zero-order valence-corrected chi connectivity index (χ0v) is 13.2. The summed E-state index contributed by atoms with van der Waals surface area (Å²) in [4.78, 5) is 17.2. The highest BCUT2D eigenvalue weighted by Gasteiger charge is 2.35. The first kappa shape index (κ1) is 15.8. The summed E-state index contributed by atoms with van der Waals surface area (Å²) in [6.07, 6.45) is 7.81. The Bertz CT molecular complexity index is 326. The van der Waals surface area contributed by atoms with E-state index in [-0.39, 0.29) is 5.41 Å². The van der Waals surface area contributed by atoms with Gasteiger partial charge in [-0.1, -0.05) is 19.3 Å². The lowest BCUT2D eigenvalue weighted by molar-refractivity contribution is -0.136. The fourth-order valence-electron chi connectivity index (χ4n) is 3.92. The molecular formula is C16H31N3O. The molecule has 1 unspecified atom stereocenters. The minimum absolute atomic E-state index is 0.0905. The molecule has 1 saturated heterocycles. The van der Waals surface area contributed by atoms with Crippen LogP contribution in [-0.2, 0) is 4.79 Å². The number of hydrogen-bond donors (Lipinski definition) is 1. The van der Waals surface area contributed by atoms with Crippen LogP contribution in [0.2, 0.25) is 0 Å². The maximum Gasteiger partial charge on any atom is 0.223 e. The lowest BCUT2D eigenvalue weighted by atomic mass is 9.71. The summed E-state index contributed by atoms with van der Waals surface area (Å²) in [6.45, 7) is 5.83. The Labute approximate surface area is 123 Å². The van der Waals surface area contributed by atoms with Gasteiger partial charge in [0.25, 0.3) is 0 Å². The Kier molecular flexibility index (Phi) is 5.44. The average Bonchev–Trinajstić information content (AvgIpc) is 2.60. The molecule has 4 heteroatoms. The molecule has 2 fully saturated rings. The zero-order chi connectivity index (χ0) is 14.6. The fraction of sp³-hybridized carbons (Fsp3) is 0.938. The van der Waals surface area contributed by atoms with Crippen LogP contribution in [0, 0.1) is 5.41 Å². The van der Waals surface area contributed by atoms with Gasteiger partial charge in [0.2, 0.25) is 5.91 Å². The quantitative estimate of drug-likeness (QED) is 0.859. The molecule has 1 aliphatic carbocycles. The molecular weight excluding hydrogens is 250 g/mol. The Balaban J connectivity index is 1.98. The van der Waals surface area contributed by atoms with E-state index >= 15 is 0 Å². The number of nitrogens with two attached hydrogens (primary N) is 1. The highest BCUT2D eigenvalue weighted by molar-refractivity contribution is 5.77.